The summed E-state index contributed by atoms with van der Waals surface area (Å²) in [5.41, 5.74) is 3.67. The molecule has 2 aliphatic carbocycles. The van der Waals surface area contributed by atoms with Crippen molar-refractivity contribution in [2.75, 3.05) is 19.6 Å². The van der Waals surface area contributed by atoms with E-state index in [9.17, 15) is 4.79 Å². The fourth-order valence-corrected chi connectivity index (χ4v) is 4.73. The summed E-state index contributed by atoms with van der Waals surface area (Å²) in [6, 6.07) is 10.6. The Balaban J connectivity index is 1.38. The van der Waals surface area contributed by atoms with E-state index in [4.69, 9.17) is 4.98 Å². The summed E-state index contributed by atoms with van der Waals surface area (Å²) in [6.45, 7) is 2.46. The predicted molar refractivity (Wildman–Crippen MR) is 104 cm³/mol. The lowest BCUT2D eigenvalue weighted by Gasteiger charge is -2.40. The number of likely N-dealkylation sites (tertiary alicyclic amines) is 1. The van der Waals surface area contributed by atoms with E-state index in [0.29, 0.717) is 12.6 Å². The first-order valence-electron chi connectivity index (χ1n) is 10.2. The van der Waals surface area contributed by atoms with Crippen molar-refractivity contribution in [1.29, 1.82) is 0 Å². The van der Waals surface area contributed by atoms with Gasteiger partial charge in [-0.1, -0.05) is 30.3 Å². The molecule has 2 fully saturated rings. The summed E-state index contributed by atoms with van der Waals surface area (Å²) in [6.07, 6.45) is 8.76. The van der Waals surface area contributed by atoms with Crippen LogP contribution in [0.15, 0.2) is 36.5 Å². The molecule has 140 valence electrons. The van der Waals surface area contributed by atoms with E-state index in [1.54, 1.807) is 0 Å². The smallest absolute Gasteiger partial charge is 0.234 e. The SMILES string of the molecule is O=C(CN1CCCC2(CCc3cnc(-c4ccccc4)nc32)C1)NC1CC1. The minimum absolute atomic E-state index is 0.0832. The summed E-state index contributed by atoms with van der Waals surface area (Å²) < 4.78 is 0. The quantitative estimate of drug-likeness (QED) is 0.909. The van der Waals surface area contributed by atoms with E-state index < -0.39 is 0 Å². The summed E-state index contributed by atoms with van der Waals surface area (Å²) in [5, 5.41) is 3.12. The summed E-state index contributed by atoms with van der Waals surface area (Å²) in [4.78, 5) is 24.3. The van der Waals surface area contributed by atoms with E-state index in [1.807, 2.05) is 24.4 Å². The van der Waals surface area contributed by atoms with E-state index in [2.05, 4.69) is 27.3 Å². The number of benzene rings is 1. The maximum atomic E-state index is 12.3. The number of carbonyl (C=O) groups is 1. The average Bonchev–Trinajstić information content (AvgIpc) is 3.44. The van der Waals surface area contributed by atoms with Crippen molar-refractivity contribution in [1.82, 2.24) is 20.2 Å². The highest BCUT2D eigenvalue weighted by atomic mass is 16.2. The van der Waals surface area contributed by atoms with Crippen LogP contribution in [0.5, 0.6) is 0 Å². The number of piperidine rings is 1. The maximum absolute atomic E-state index is 12.3. The number of aryl methyl sites for hydroxylation is 1. The van der Waals surface area contributed by atoms with Gasteiger partial charge in [0.25, 0.3) is 0 Å². The molecular weight excluding hydrogens is 336 g/mol. The van der Waals surface area contributed by atoms with Crippen molar-refractivity contribution in [2.24, 2.45) is 0 Å². The lowest BCUT2D eigenvalue weighted by atomic mass is 9.77. The standard InChI is InChI=1S/C22H26N4O/c27-19(24-18-7-8-18)14-26-12-4-10-22(15-26)11-9-17-13-23-21(25-20(17)22)16-5-2-1-3-6-16/h1-3,5-6,13,18H,4,7-12,14-15H2,(H,24,27). The van der Waals surface area contributed by atoms with Gasteiger partial charge in [-0.2, -0.15) is 0 Å². The number of aromatic nitrogens is 2. The Kier molecular flexibility index (Phi) is 4.20. The lowest BCUT2D eigenvalue weighted by Crippen LogP contribution is -2.49. The van der Waals surface area contributed by atoms with Gasteiger partial charge in [0, 0.05) is 29.8 Å². The molecule has 1 amide bonds. The van der Waals surface area contributed by atoms with Crippen LogP contribution in [0.25, 0.3) is 11.4 Å². The molecule has 5 nitrogen and oxygen atoms in total. The van der Waals surface area contributed by atoms with Crippen LogP contribution in [-0.4, -0.2) is 46.5 Å². The molecule has 3 aliphatic rings. The van der Waals surface area contributed by atoms with Gasteiger partial charge in [0.15, 0.2) is 5.82 Å². The van der Waals surface area contributed by atoms with Crippen LogP contribution in [-0.2, 0) is 16.6 Å². The Morgan fingerprint density at radius 3 is 2.89 bits per heavy atom. The molecule has 5 heteroatoms. The fourth-order valence-electron chi connectivity index (χ4n) is 4.73. The molecule has 1 spiro atoms. The third-order valence-corrected chi connectivity index (χ3v) is 6.24. The normalized spacial score (nSPS) is 24.7. The fraction of sp³-hybridized carbons (Fsp3) is 0.500. The van der Waals surface area contributed by atoms with Gasteiger partial charge in [-0.05, 0) is 50.6 Å². The van der Waals surface area contributed by atoms with Crippen molar-refractivity contribution in [3.63, 3.8) is 0 Å². The van der Waals surface area contributed by atoms with Gasteiger partial charge < -0.3 is 5.32 Å². The Labute approximate surface area is 160 Å². The first-order chi connectivity index (χ1) is 13.2. The number of fused-ring (bicyclic) bond motifs is 2. The molecule has 1 unspecified atom stereocenters. The predicted octanol–water partition coefficient (Wildman–Crippen LogP) is 2.70. The van der Waals surface area contributed by atoms with Crippen LogP contribution < -0.4 is 5.32 Å². The van der Waals surface area contributed by atoms with Crippen LogP contribution in [0.2, 0.25) is 0 Å². The highest BCUT2D eigenvalue weighted by Crippen LogP contribution is 2.44. The summed E-state index contributed by atoms with van der Waals surface area (Å²) >= 11 is 0. The zero-order valence-corrected chi connectivity index (χ0v) is 15.7. The van der Waals surface area contributed by atoms with Gasteiger partial charge >= 0.3 is 0 Å². The third-order valence-electron chi connectivity index (χ3n) is 6.24. The summed E-state index contributed by atoms with van der Waals surface area (Å²) in [5.74, 6) is 1.000. The molecule has 1 aromatic heterocycles. The highest BCUT2D eigenvalue weighted by molar-refractivity contribution is 5.78. The van der Waals surface area contributed by atoms with E-state index in [-0.39, 0.29) is 11.3 Å². The van der Waals surface area contributed by atoms with Gasteiger partial charge in [-0.3, -0.25) is 9.69 Å². The van der Waals surface area contributed by atoms with E-state index in [0.717, 1.165) is 63.0 Å². The molecule has 5 rings (SSSR count). The molecule has 0 bridgehead atoms. The van der Waals surface area contributed by atoms with Gasteiger partial charge in [0.1, 0.15) is 0 Å². The van der Waals surface area contributed by atoms with Gasteiger partial charge in [-0.15, -0.1) is 0 Å². The Morgan fingerprint density at radius 1 is 1.22 bits per heavy atom. The van der Waals surface area contributed by atoms with Crippen LogP contribution in [0, 0.1) is 0 Å². The Morgan fingerprint density at radius 2 is 2.07 bits per heavy atom. The van der Waals surface area contributed by atoms with Gasteiger partial charge in [-0.25, -0.2) is 9.97 Å². The number of hydrogen-bond acceptors (Lipinski definition) is 4. The van der Waals surface area contributed by atoms with Crippen LogP contribution in [0.3, 0.4) is 0 Å². The molecule has 1 N–H and O–H groups in total. The van der Waals surface area contributed by atoms with Crippen LogP contribution in [0.4, 0.5) is 0 Å². The third kappa shape index (κ3) is 3.36. The molecule has 2 aromatic rings. The minimum atomic E-state index is 0.0832. The monoisotopic (exact) mass is 362 g/mol. The number of rotatable bonds is 4. The molecule has 1 saturated carbocycles. The van der Waals surface area contributed by atoms with Crippen LogP contribution >= 0.6 is 0 Å². The molecule has 1 saturated heterocycles. The summed E-state index contributed by atoms with van der Waals surface area (Å²) in [7, 11) is 0. The molecule has 27 heavy (non-hydrogen) atoms. The Hall–Kier alpha value is -2.27. The topological polar surface area (TPSA) is 58.1 Å². The van der Waals surface area contributed by atoms with E-state index >= 15 is 0 Å². The second-order valence-corrected chi connectivity index (χ2v) is 8.37. The Bertz CT molecular complexity index is 845. The van der Waals surface area contributed by atoms with Crippen molar-refractivity contribution < 1.29 is 4.79 Å². The molecule has 1 aromatic carbocycles. The molecule has 1 atom stereocenters. The van der Waals surface area contributed by atoms with Gasteiger partial charge in [0.05, 0.1) is 12.2 Å². The molecule has 1 aliphatic heterocycles. The van der Waals surface area contributed by atoms with Crippen molar-refractivity contribution >= 4 is 5.91 Å². The molecule has 0 radical (unpaired) electrons. The number of nitrogens with one attached hydrogen (secondary N) is 1. The first-order valence-corrected chi connectivity index (χ1v) is 10.2. The largest absolute Gasteiger partial charge is 0.352 e. The number of hydrogen-bond donors (Lipinski definition) is 1. The molecule has 2 heterocycles. The second-order valence-electron chi connectivity index (χ2n) is 8.37. The van der Waals surface area contributed by atoms with Crippen LogP contribution in [0.1, 0.15) is 43.4 Å². The number of amides is 1. The van der Waals surface area contributed by atoms with Crippen molar-refractivity contribution in [3.8, 4) is 11.4 Å². The minimum Gasteiger partial charge on any atom is -0.352 e. The highest BCUT2D eigenvalue weighted by Gasteiger charge is 2.44. The average molecular weight is 362 g/mol. The first kappa shape index (κ1) is 16.9. The molecular formula is C22H26N4O. The number of carbonyl (C=O) groups excluding carboxylic acids is 1. The van der Waals surface area contributed by atoms with Crippen molar-refractivity contribution in [3.05, 3.63) is 47.8 Å². The number of nitrogens with zero attached hydrogens (tertiary/aromatic N) is 3. The zero-order valence-electron chi connectivity index (χ0n) is 15.7. The lowest BCUT2D eigenvalue weighted by molar-refractivity contribution is -0.122. The van der Waals surface area contributed by atoms with E-state index in [1.165, 1.54) is 11.3 Å². The van der Waals surface area contributed by atoms with Gasteiger partial charge in [0.2, 0.25) is 5.91 Å². The van der Waals surface area contributed by atoms with Crippen molar-refractivity contribution in [2.45, 2.75) is 50.0 Å². The zero-order chi connectivity index (χ0) is 18.3. The second kappa shape index (κ2) is 6.71. The maximum Gasteiger partial charge on any atom is 0.234 e.